The van der Waals surface area contributed by atoms with E-state index in [9.17, 15) is 10.5 Å². The molecule has 0 spiro atoms. The fourth-order valence-electron chi connectivity index (χ4n) is 9.73. The minimum absolute atomic E-state index is 0.371. The second-order valence-corrected chi connectivity index (χ2v) is 17.8. The largest absolute Gasteiger partial charge is 0.309 e. The van der Waals surface area contributed by atoms with E-state index < -0.39 is 0 Å². The summed E-state index contributed by atoms with van der Waals surface area (Å²) >= 11 is 0. The number of benzene rings is 9. The number of hydrogen-bond donors (Lipinski definition) is 0. The first-order chi connectivity index (χ1) is 37.0. The van der Waals surface area contributed by atoms with E-state index in [1.807, 2.05) is 121 Å². The summed E-state index contributed by atoms with van der Waals surface area (Å²) in [5.41, 5.74) is 15.4. The lowest BCUT2D eigenvalue weighted by Gasteiger charge is -2.17. The van der Waals surface area contributed by atoms with Crippen LogP contribution in [0, 0.1) is 35.8 Å². The molecule has 12 aromatic rings. The minimum atomic E-state index is 0.371. The number of nitriles is 2. The molecule has 12 rings (SSSR count). The summed E-state index contributed by atoms with van der Waals surface area (Å²) in [6.07, 6.45) is 0. The normalized spacial score (nSPS) is 10.9. The van der Waals surface area contributed by atoms with Crippen molar-refractivity contribution in [1.82, 2.24) is 24.5 Å². The first-order valence-electron chi connectivity index (χ1n) is 24.0. The van der Waals surface area contributed by atoms with Gasteiger partial charge in [-0.3, -0.25) is 0 Å². The molecule has 0 aliphatic heterocycles. The van der Waals surface area contributed by atoms with Gasteiger partial charge < -0.3 is 4.57 Å². The molecule has 0 bridgehead atoms. The molecule has 9 nitrogen and oxygen atoms in total. The van der Waals surface area contributed by atoms with Gasteiger partial charge in [0.05, 0.1) is 64.8 Å². The molecule has 9 heteroatoms. The highest BCUT2D eigenvalue weighted by molar-refractivity contribution is 6.12. The zero-order chi connectivity index (χ0) is 50.8. The Morgan fingerprint density at radius 2 is 0.867 bits per heavy atom. The lowest BCUT2D eigenvalue weighted by molar-refractivity contribution is 1.14. The third kappa shape index (κ3) is 8.48. The molecule has 0 radical (unpaired) electrons. The predicted octanol–water partition coefficient (Wildman–Crippen LogP) is 16.5. The minimum Gasteiger partial charge on any atom is -0.309 e. The average Bonchev–Trinajstić information content (AvgIpc) is 3.88. The maximum atomic E-state index is 10.3. The van der Waals surface area contributed by atoms with Gasteiger partial charge in [-0.2, -0.15) is 10.5 Å². The van der Waals surface area contributed by atoms with Crippen LogP contribution < -0.4 is 0 Å². The van der Waals surface area contributed by atoms with Crippen LogP contribution in [0.5, 0.6) is 0 Å². The van der Waals surface area contributed by atoms with Crippen LogP contribution in [0.4, 0.5) is 11.4 Å². The predicted molar refractivity (Wildman–Crippen MR) is 297 cm³/mol. The van der Waals surface area contributed by atoms with Crippen LogP contribution >= 0.6 is 0 Å². The van der Waals surface area contributed by atoms with Gasteiger partial charge in [-0.25, -0.2) is 29.6 Å². The smallest absolute Gasteiger partial charge is 0.196 e. The highest BCUT2D eigenvalue weighted by atomic mass is 15.0. The SMILES string of the molecule is [C-]#[N+]c1ccc(-c2ccc3c(c2)c2cc(-c4ccc(C#N)cc4[N+]#[C-])ccc2n3-c2ccc(-c3nc(-c4ccccc4)cc(-c4ccccc4)n3)cc2-c2cc(-c3ccccc3)nc(-c3ccccc3)n2)c(C#N)c1. The molecule has 0 amide bonds. The second kappa shape index (κ2) is 19.2. The number of nitrogens with zero attached hydrogens (tertiary/aromatic N) is 9. The van der Waals surface area contributed by atoms with Crippen molar-refractivity contribution in [3.05, 3.63) is 258 Å². The first kappa shape index (κ1) is 45.1. The van der Waals surface area contributed by atoms with Crippen LogP contribution in [-0.4, -0.2) is 24.5 Å². The maximum Gasteiger partial charge on any atom is 0.196 e. The molecule has 9 aromatic carbocycles. The van der Waals surface area contributed by atoms with Gasteiger partial charge >= 0.3 is 0 Å². The Hall–Kier alpha value is -11.1. The van der Waals surface area contributed by atoms with Crippen molar-refractivity contribution in [1.29, 1.82) is 10.5 Å². The Labute approximate surface area is 432 Å². The third-order valence-corrected chi connectivity index (χ3v) is 13.4. The highest BCUT2D eigenvalue weighted by Crippen LogP contribution is 2.43. The van der Waals surface area contributed by atoms with Crippen molar-refractivity contribution in [2.45, 2.75) is 0 Å². The summed E-state index contributed by atoms with van der Waals surface area (Å²) < 4.78 is 2.24. The topological polar surface area (TPSA) is 113 Å². The van der Waals surface area contributed by atoms with Gasteiger partial charge in [0.15, 0.2) is 23.0 Å². The number of fused-ring (bicyclic) bond motifs is 3. The van der Waals surface area contributed by atoms with Gasteiger partial charge in [0.2, 0.25) is 0 Å². The Balaban J connectivity index is 1.16. The Kier molecular flexibility index (Phi) is 11.6. The van der Waals surface area contributed by atoms with Crippen LogP contribution in [0.1, 0.15) is 11.1 Å². The fraction of sp³-hybridized carbons (Fsp3) is 0. The van der Waals surface area contributed by atoms with Gasteiger partial charge in [0, 0.05) is 55.3 Å². The Morgan fingerprint density at radius 1 is 0.373 bits per heavy atom. The fourth-order valence-corrected chi connectivity index (χ4v) is 9.73. The van der Waals surface area contributed by atoms with Crippen LogP contribution in [0.15, 0.2) is 224 Å². The standard InChI is InChI=1S/C66H37N9/c1-69-51-27-29-52(50(34-51)41-68)47-24-30-62-54(35-47)55-36-48(53-28-23-42(40-67)33-60(53)70-2)25-31-63(55)75(62)64-32-26-49(66-72-57(43-15-7-3-8-16-43)38-58(73-66)44-17-9-4-10-18-44)37-56(64)61-39-59(45-19-11-5-12-20-45)71-65(74-61)46-21-13-6-14-22-46/h3-39H. The van der Waals surface area contributed by atoms with Gasteiger partial charge in [0.25, 0.3) is 0 Å². The van der Waals surface area contributed by atoms with Crippen LogP contribution in [0.25, 0.3) is 127 Å². The van der Waals surface area contributed by atoms with E-state index in [1.165, 1.54) is 0 Å². The molecule has 346 valence electrons. The zero-order valence-corrected chi connectivity index (χ0v) is 39.9. The van der Waals surface area contributed by atoms with Crippen molar-refractivity contribution >= 4 is 33.2 Å². The molecular formula is C66H37N9. The van der Waals surface area contributed by atoms with Gasteiger partial charge in [0.1, 0.15) is 0 Å². The molecule has 0 unspecified atom stereocenters. The average molecular weight is 956 g/mol. The van der Waals surface area contributed by atoms with E-state index in [-0.39, 0.29) is 0 Å². The van der Waals surface area contributed by atoms with E-state index in [1.54, 1.807) is 24.3 Å². The molecule has 0 aliphatic carbocycles. The van der Waals surface area contributed by atoms with E-state index in [0.29, 0.717) is 51.0 Å². The van der Waals surface area contributed by atoms with E-state index >= 15 is 0 Å². The molecule has 75 heavy (non-hydrogen) atoms. The summed E-state index contributed by atoms with van der Waals surface area (Å²) in [6, 6.07) is 77.9. The van der Waals surface area contributed by atoms with Crippen molar-refractivity contribution in [2.24, 2.45) is 0 Å². The molecule has 0 atom stereocenters. The summed E-state index contributed by atoms with van der Waals surface area (Å²) in [5.74, 6) is 1.10. The van der Waals surface area contributed by atoms with Gasteiger partial charge in [-0.1, -0.05) is 152 Å². The summed E-state index contributed by atoms with van der Waals surface area (Å²) in [6.45, 7) is 15.7. The monoisotopic (exact) mass is 955 g/mol. The van der Waals surface area contributed by atoms with E-state index in [0.717, 1.165) is 89.1 Å². The summed E-state index contributed by atoms with van der Waals surface area (Å²) in [4.78, 5) is 28.5. The second-order valence-electron chi connectivity index (χ2n) is 17.8. The van der Waals surface area contributed by atoms with Crippen LogP contribution in [0.3, 0.4) is 0 Å². The molecule has 0 saturated heterocycles. The zero-order valence-electron chi connectivity index (χ0n) is 39.9. The van der Waals surface area contributed by atoms with E-state index in [4.69, 9.17) is 33.1 Å². The quantitative estimate of drug-likeness (QED) is 0.133. The molecule has 0 fully saturated rings. The first-order valence-corrected chi connectivity index (χ1v) is 24.0. The van der Waals surface area contributed by atoms with Crippen molar-refractivity contribution in [2.75, 3.05) is 0 Å². The van der Waals surface area contributed by atoms with Crippen molar-refractivity contribution < 1.29 is 0 Å². The molecular weight excluding hydrogens is 919 g/mol. The lowest BCUT2D eigenvalue weighted by atomic mass is 9.97. The molecule has 0 aliphatic rings. The Morgan fingerprint density at radius 3 is 1.40 bits per heavy atom. The number of aromatic nitrogens is 5. The van der Waals surface area contributed by atoms with Gasteiger partial charge in [-0.15, -0.1) is 0 Å². The van der Waals surface area contributed by atoms with Crippen LogP contribution in [0.2, 0.25) is 0 Å². The third-order valence-electron chi connectivity index (χ3n) is 13.4. The molecule has 3 aromatic heterocycles. The van der Waals surface area contributed by atoms with Crippen molar-refractivity contribution in [3.63, 3.8) is 0 Å². The number of hydrogen-bond acceptors (Lipinski definition) is 6. The summed E-state index contributed by atoms with van der Waals surface area (Å²) in [7, 11) is 0. The van der Waals surface area contributed by atoms with E-state index in [2.05, 4.69) is 105 Å². The lowest BCUT2D eigenvalue weighted by Crippen LogP contribution is -2.02. The van der Waals surface area contributed by atoms with Gasteiger partial charge in [-0.05, 0) is 95.1 Å². The number of rotatable bonds is 9. The highest BCUT2D eigenvalue weighted by Gasteiger charge is 2.23. The molecule has 3 heterocycles. The molecule has 0 N–H and O–H groups in total. The van der Waals surface area contributed by atoms with Crippen molar-refractivity contribution in [3.8, 4) is 108 Å². The van der Waals surface area contributed by atoms with Crippen LogP contribution in [-0.2, 0) is 0 Å². The summed E-state index contributed by atoms with van der Waals surface area (Å²) in [5, 5.41) is 21.8. The Bertz CT molecular complexity index is 4140. The molecule has 0 saturated carbocycles. The maximum absolute atomic E-state index is 10.3.